The minimum atomic E-state index is 1.10. The van der Waals surface area contributed by atoms with Crippen LogP contribution in [-0.4, -0.2) is 0 Å². The smallest absolute Gasteiger partial charge is 0.0473 e. The highest BCUT2D eigenvalue weighted by Crippen LogP contribution is 2.45. The van der Waals surface area contributed by atoms with E-state index in [1.54, 1.807) is 0 Å². The number of nitrogens with zero attached hydrogens (tertiary/aromatic N) is 2. The van der Waals surface area contributed by atoms with Crippen molar-refractivity contribution in [2.45, 2.75) is 13.8 Å². The molecule has 14 aromatic rings. The number of hydrogen-bond acceptors (Lipinski definition) is 2. The van der Waals surface area contributed by atoms with Gasteiger partial charge in [-0.1, -0.05) is 176 Å². The summed E-state index contributed by atoms with van der Waals surface area (Å²) in [5.41, 5.74) is 16.4. The Hall–Kier alpha value is -9.24. The van der Waals surface area contributed by atoms with Crippen LogP contribution >= 0.6 is 0 Å². The maximum Gasteiger partial charge on any atom is 0.0473 e. The largest absolute Gasteiger partial charge is 0.310 e. The van der Waals surface area contributed by atoms with Crippen LogP contribution in [0.3, 0.4) is 0 Å². The van der Waals surface area contributed by atoms with Crippen LogP contribution in [0.5, 0.6) is 0 Å². The van der Waals surface area contributed by atoms with E-state index in [9.17, 15) is 0 Å². The Bertz CT molecular complexity index is 4210. The van der Waals surface area contributed by atoms with Gasteiger partial charge in [0, 0.05) is 34.1 Å². The second-order valence-corrected chi connectivity index (χ2v) is 19.4. The van der Waals surface area contributed by atoms with Gasteiger partial charge < -0.3 is 9.80 Å². The van der Waals surface area contributed by atoms with Gasteiger partial charge in [0.05, 0.1) is 0 Å². The first-order chi connectivity index (χ1) is 35.5. The molecule has 0 radical (unpaired) electrons. The van der Waals surface area contributed by atoms with Gasteiger partial charge in [0.15, 0.2) is 0 Å². The molecule has 0 atom stereocenters. The van der Waals surface area contributed by atoms with Crippen molar-refractivity contribution in [3.63, 3.8) is 0 Å². The number of aryl methyl sites for hydroxylation is 2. The first-order valence-corrected chi connectivity index (χ1v) is 25.0. The highest BCUT2D eigenvalue weighted by molar-refractivity contribution is 6.25. The van der Waals surface area contributed by atoms with E-state index in [1.807, 2.05) is 0 Å². The molecule has 0 amide bonds. The fraction of sp³-hybridized carbons (Fsp3) is 0.0286. The van der Waals surface area contributed by atoms with Gasteiger partial charge in [-0.15, -0.1) is 0 Å². The Morgan fingerprint density at radius 3 is 1.07 bits per heavy atom. The normalized spacial score (nSPS) is 11.8. The molecule has 0 aliphatic carbocycles. The molecule has 14 rings (SSSR count). The number of benzene rings is 14. The van der Waals surface area contributed by atoms with E-state index in [4.69, 9.17) is 0 Å². The molecule has 0 unspecified atom stereocenters. The van der Waals surface area contributed by atoms with Crippen molar-refractivity contribution in [3.8, 4) is 33.4 Å². The summed E-state index contributed by atoms with van der Waals surface area (Å²) in [4.78, 5) is 4.81. The van der Waals surface area contributed by atoms with Crippen LogP contribution in [0, 0.1) is 13.8 Å². The van der Waals surface area contributed by atoms with Crippen molar-refractivity contribution >= 4 is 98.8 Å². The van der Waals surface area contributed by atoms with E-state index >= 15 is 0 Å². The molecule has 0 aliphatic rings. The van der Waals surface area contributed by atoms with E-state index < -0.39 is 0 Å². The maximum absolute atomic E-state index is 2.43. The van der Waals surface area contributed by atoms with Gasteiger partial charge in [0.25, 0.3) is 0 Å². The molecule has 0 fully saturated rings. The van der Waals surface area contributed by atoms with Gasteiger partial charge in [-0.2, -0.15) is 0 Å². The van der Waals surface area contributed by atoms with E-state index in [2.05, 4.69) is 278 Å². The van der Waals surface area contributed by atoms with Gasteiger partial charge in [-0.3, -0.25) is 0 Å². The molecule has 0 saturated heterocycles. The molecule has 0 N–H and O–H groups in total. The van der Waals surface area contributed by atoms with Crippen molar-refractivity contribution in [1.82, 2.24) is 0 Å². The van der Waals surface area contributed by atoms with Crippen molar-refractivity contribution in [2.24, 2.45) is 0 Å². The number of rotatable bonds is 9. The molecular formula is C70H48N2. The fourth-order valence-corrected chi connectivity index (χ4v) is 11.6. The topological polar surface area (TPSA) is 6.48 Å². The summed E-state index contributed by atoms with van der Waals surface area (Å²) in [7, 11) is 0. The van der Waals surface area contributed by atoms with Gasteiger partial charge >= 0.3 is 0 Å². The van der Waals surface area contributed by atoms with Crippen LogP contribution in [0.1, 0.15) is 11.1 Å². The van der Waals surface area contributed by atoms with Crippen molar-refractivity contribution < 1.29 is 0 Å². The Kier molecular flexibility index (Phi) is 9.69. The quantitative estimate of drug-likeness (QED) is 0.133. The minimum absolute atomic E-state index is 1.10. The first-order valence-electron chi connectivity index (χ1n) is 25.0. The summed E-state index contributed by atoms with van der Waals surface area (Å²) in [5, 5.41) is 15.4. The third-order valence-electron chi connectivity index (χ3n) is 15.1. The Morgan fingerprint density at radius 2 is 0.583 bits per heavy atom. The van der Waals surface area contributed by atoms with Crippen LogP contribution in [0.25, 0.3) is 98.0 Å². The maximum atomic E-state index is 2.43. The molecule has 2 heteroatoms. The molecule has 0 spiro atoms. The molecule has 0 aliphatic heterocycles. The summed E-state index contributed by atoms with van der Waals surface area (Å²) in [6.07, 6.45) is 0. The van der Waals surface area contributed by atoms with Crippen LogP contribution in [0.2, 0.25) is 0 Å². The minimum Gasteiger partial charge on any atom is -0.310 e. The van der Waals surface area contributed by atoms with Gasteiger partial charge in [0.2, 0.25) is 0 Å². The standard InChI is InChI=1S/C70H48N2/c1-45-11-6-7-20-65(45)66-44-62(34-21-46(66)2)72(64-42-57-28-24-51-14-9-15-52-25-29-58(43-64)70(57)68(51)52)61-37-32-48(33-38-61)54-17-10-16-53(39-54)47-30-35-60(36-31-47)71(59-18-4-3-5-19-59)63-40-55-26-22-49-12-8-13-50-23-27-56(41-63)69(55)67(49)50/h3-44H,1-2H3. The molecule has 0 heterocycles. The zero-order valence-electron chi connectivity index (χ0n) is 40.1. The zero-order valence-corrected chi connectivity index (χ0v) is 40.1. The lowest BCUT2D eigenvalue weighted by Crippen LogP contribution is -2.10. The molecule has 2 nitrogen and oxygen atoms in total. The summed E-state index contributed by atoms with van der Waals surface area (Å²) >= 11 is 0. The molecule has 72 heavy (non-hydrogen) atoms. The predicted octanol–water partition coefficient (Wildman–Crippen LogP) is 20.0. The van der Waals surface area contributed by atoms with Crippen LogP contribution in [0.4, 0.5) is 34.1 Å². The average Bonchev–Trinajstić information content (AvgIpc) is 3.43. The SMILES string of the molecule is Cc1ccccc1-c1cc(N(c2ccc(-c3cccc(-c4ccc(N(c5ccccc5)c5cc6ccc7cccc8ccc(c5)c6c78)cc4)c3)cc2)c2cc3ccc4cccc5ccc(c2)c3c45)ccc1C. The first kappa shape index (κ1) is 41.7. The second-order valence-electron chi connectivity index (χ2n) is 19.4. The lowest BCUT2D eigenvalue weighted by atomic mass is 9.93. The average molecular weight is 917 g/mol. The molecule has 0 aromatic heterocycles. The molecule has 14 aromatic carbocycles. The van der Waals surface area contributed by atoms with E-state index in [-0.39, 0.29) is 0 Å². The van der Waals surface area contributed by atoms with E-state index in [0.717, 1.165) is 34.1 Å². The number of hydrogen-bond donors (Lipinski definition) is 0. The van der Waals surface area contributed by atoms with Gasteiger partial charge in [-0.05, 0) is 202 Å². The Morgan fingerprint density at radius 1 is 0.208 bits per heavy atom. The zero-order chi connectivity index (χ0) is 47.9. The van der Waals surface area contributed by atoms with Crippen LogP contribution in [0.15, 0.2) is 255 Å². The summed E-state index contributed by atoms with van der Waals surface area (Å²) in [6.45, 7) is 4.42. The van der Waals surface area contributed by atoms with Crippen LogP contribution < -0.4 is 9.80 Å². The second kappa shape index (κ2) is 16.7. The highest BCUT2D eigenvalue weighted by atomic mass is 15.1. The monoisotopic (exact) mass is 916 g/mol. The summed E-state index contributed by atoms with van der Waals surface area (Å²) in [6, 6.07) is 94.3. The fourth-order valence-electron chi connectivity index (χ4n) is 11.6. The molecule has 338 valence electrons. The molecule has 0 saturated carbocycles. The third kappa shape index (κ3) is 6.94. The molecular weight excluding hydrogens is 869 g/mol. The van der Waals surface area contributed by atoms with Gasteiger partial charge in [0.1, 0.15) is 0 Å². The van der Waals surface area contributed by atoms with Crippen molar-refractivity contribution in [1.29, 1.82) is 0 Å². The van der Waals surface area contributed by atoms with Crippen LogP contribution in [-0.2, 0) is 0 Å². The van der Waals surface area contributed by atoms with Gasteiger partial charge in [-0.25, -0.2) is 0 Å². The lowest BCUT2D eigenvalue weighted by Gasteiger charge is -2.28. The summed E-state index contributed by atoms with van der Waals surface area (Å²) < 4.78 is 0. The third-order valence-corrected chi connectivity index (χ3v) is 15.1. The van der Waals surface area contributed by atoms with Crippen molar-refractivity contribution in [3.05, 3.63) is 266 Å². The van der Waals surface area contributed by atoms with E-state index in [1.165, 1.54) is 109 Å². The lowest BCUT2D eigenvalue weighted by molar-refractivity contribution is 1.28. The summed E-state index contributed by atoms with van der Waals surface area (Å²) in [5.74, 6) is 0. The number of para-hydroxylation sites is 1. The Labute approximate surface area is 419 Å². The predicted molar refractivity (Wildman–Crippen MR) is 309 cm³/mol. The Balaban J connectivity index is 0.820. The highest BCUT2D eigenvalue weighted by Gasteiger charge is 2.20. The van der Waals surface area contributed by atoms with Crippen molar-refractivity contribution in [2.75, 3.05) is 9.80 Å². The van der Waals surface area contributed by atoms with E-state index in [0.29, 0.717) is 0 Å². The molecule has 0 bridgehead atoms. The number of anilines is 6.